The van der Waals surface area contributed by atoms with E-state index in [0.29, 0.717) is 5.92 Å². The van der Waals surface area contributed by atoms with Crippen molar-refractivity contribution in [2.45, 2.75) is 40.0 Å². The summed E-state index contributed by atoms with van der Waals surface area (Å²) in [6.07, 6.45) is 15.0. The number of hydrogen-bond acceptors (Lipinski definition) is 0. The molecule has 0 N–H and O–H groups in total. The van der Waals surface area contributed by atoms with Gasteiger partial charge in [0.25, 0.3) is 0 Å². The Bertz CT molecular complexity index is 979. The SMILES string of the molecule is CC1=C(c2ccc(-c3cccc(C4=CCC(C)C=C4)c3)cc2C)C=CCC1. The Morgan fingerprint density at radius 1 is 0.889 bits per heavy atom. The summed E-state index contributed by atoms with van der Waals surface area (Å²) in [5.74, 6) is 0.652. The highest BCUT2D eigenvalue weighted by molar-refractivity contribution is 5.82. The van der Waals surface area contributed by atoms with E-state index in [1.165, 1.54) is 57.4 Å². The van der Waals surface area contributed by atoms with Crippen LogP contribution in [0.5, 0.6) is 0 Å². The zero-order valence-electron chi connectivity index (χ0n) is 16.6. The molecule has 0 radical (unpaired) electrons. The van der Waals surface area contributed by atoms with E-state index in [-0.39, 0.29) is 0 Å². The first-order chi connectivity index (χ1) is 13.1. The predicted molar refractivity (Wildman–Crippen MR) is 118 cm³/mol. The lowest BCUT2D eigenvalue weighted by Crippen LogP contribution is -1.96. The van der Waals surface area contributed by atoms with E-state index in [0.717, 1.165) is 6.42 Å². The van der Waals surface area contributed by atoms with Crippen LogP contribution in [0, 0.1) is 12.8 Å². The third-order valence-electron chi connectivity index (χ3n) is 5.79. The first-order valence-electron chi connectivity index (χ1n) is 10.1. The lowest BCUT2D eigenvalue weighted by atomic mass is 9.88. The van der Waals surface area contributed by atoms with Gasteiger partial charge >= 0.3 is 0 Å². The third-order valence-corrected chi connectivity index (χ3v) is 5.79. The van der Waals surface area contributed by atoms with Gasteiger partial charge in [0.1, 0.15) is 0 Å². The first kappa shape index (κ1) is 17.8. The van der Waals surface area contributed by atoms with Crippen molar-refractivity contribution in [3.05, 3.63) is 95.1 Å². The van der Waals surface area contributed by atoms with E-state index in [2.05, 4.69) is 93.6 Å². The minimum Gasteiger partial charge on any atom is -0.0836 e. The molecule has 0 saturated heterocycles. The summed E-state index contributed by atoms with van der Waals surface area (Å²) < 4.78 is 0. The predicted octanol–water partition coefficient (Wildman–Crippen LogP) is 7.76. The van der Waals surface area contributed by atoms with Gasteiger partial charge in [0.15, 0.2) is 0 Å². The van der Waals surface area contributed by atoms with Crippen LogP contribution in [-0.4, -0.2) is 0 Å². The Kier molecular flexibility index (Phi) is 4.99. The largest absolute Gasteiger partial charge is 0.0836 e. The molecular weight excluding hydrogens is 324 g/mol. The van der Waals surface area contributed by atoms with Crippen LogP contribution in [-0.2, 0) is 0 Å². The summed E-state index contributed by atoms with van der Waals surface area (Å²) >= 11 is 0. The Balaban J connectivity index is 1.67. The van der Waals surface area contributed by atoms with E-state index >= 15 is 0 Å². The van der Waals surface area contributed by atoms with Gasteiger partial charge in [0.05, 0.1) is 0 Å². The summed E-state index contributed by atoms with van der Waals surface area (Å²) in [7, 11) is 0. The van der Waals surface area contributed by atoms with Crippen molar-refractivity contribution in [2.24, 2.45) is 5.92 Å². The molecule has 2 aliphatic rings. The molecule has 0 saturated carbocycles. The van der Waals surface area contributed by atoms with Crippen LogP contribution in [0.4, 0.5) is 0 Å². The molecule has 136 valence electrons. The smallest absolute Gasteiger partial charge is 0.0155 e. The van der Waals surface area contributed by atoms with Crippen molar-refractivity contribution >= 4 is 11.1 Å². The van der Waals surface area contributed by atoms with Crippen LogP contribution in [0.1, 0.15) is 49.8 Å². The van der Waals surface area contributed by atoms with Crippen LogP contribution in [0.25, 0.3) is 22.3 Å². The minimum atomic E-state index is 0.652. The zero-order chi connectivity index (χ0) is 18.8. The number of benzene rings is 2. The second-order valence-corrected chi connectivity index (χ2v) is 7.98. The van der Waals surface area contributed by atoms with Gasteiger partial charge in [-0.1, -0.05) is 79.3 Å². The van der Waals surface area contributed by atoms with Gasteiger partial charge in [-0.15, -0.1) is 0 Å². The molecule has 0 spiro atoms. The topological polar surface area (TPSA) is 0 Å². The van der Waals surface area contributed by atoms with Gasteiger partial charge in [0, 0.05) is 0 Å². The molecule has 0 nitrogen and oxygen atoms in total. The van der Waals surface area contributed by atoms with Crippen molar-refractivity contribution in [1.29, 1.82) is 0 Å². The summed E-state index contributed by atoms with van der Waals surface area (Å²) in [4.78, 5) is 0. The molecule has 0 heterocycles. The fourth-order valence-corrected chi connectivity index (χ4v) is 4.06. The van der Waals surface area contributed by atoms with Gasteiger partial charge in [0.2, 0.25) is 0 Å². The summed E-state index contributed by atoms with van der Waals surface area (Å²) in [6.45, 7) is 6.77. The molecule has 0 aliphatic heterocycles. The highest BCUT2D eigenvalue weighted by Crippen LogP contribution is 2.33. The standard InChI is InChI=1S/C27H28/c1-19-11-13-22(14-12-19)23-8-6-9-24(18-23)25-15-16-27(21(3)17-25)26-10-5-4-7-20(26)2/h5-6,8-11,13-19H,4,7,12H2,1-3H3. The molecule has 1 unspecified atom stereocenters. The molecule has 2 aromatic carbocycles. The summed E-state index contributed by atoms with van der Waals surface area (Å²) in [5, 5.41) is 0. The van der Waals surface area contributed by atoms with E-state index in [1.807, 2.05) is 0 Å². The maximum absolute atomic E-state index is 2.36. The summed E-state index contributed by atoms with van der Waals surface area (Å²) in [6, 6.07) is 15.9. The number of allylic oxidation sites excluding steroid dienone is 8. The normalized spacial score (nSPS) is 19.4. The number of rotatable bonds is 3. The van der Waals surface area contributed by atoms with E-state index < -0.39 is 0 Å². The molecule has 1 atom stereocenters. The highest BCUT2D eigenvalue weighted by atomic mass is 14.2. The van der Waals surface area contributed by atoms with Gasteiger partial charge in [-0.05, 0) is 84.1 Å². The van der Waals surface area contributed by atoms with Gasteiger partial charge in [-0.2, -0.15) is 0 Å². The molecule has 2 aliphatic carbocycles. The van der Waals surface area contributed by atoms with E-state index in [9.17, 15) is 0 Å². The van der Waals surface area contributed by atoms with Gasteiger partial charge in [-0.25, -0.2) is 0 Å². The molecule has 2 aromatic rings. The maximum atomic E-state index is 2.36. The van der Waals surface area contributed by atoms with Crippen LogP contribution >= 0.6 is 0 Å². The zero-order valence-corrected chi connectivity index (χ0v) is 16.6. The molecule has 4 rings (SSSR count). The van der Waals surface area contributed by atoms with Gasteiger partial charge in [-0.3, -0.25) is 0 Å². The Hall–Kier alpha value is -2.60. The van der Waals surface area contributed by atoms with E-state index in [1.54, 1.807) is 0 Å². The highest BCUT2D eigenvalue weighted by Gasteiger charge is 2.11. The molecule has 0 fully saturated rings. The Morgan fingerprint density at radius 2 is 1.70 bits per heavy atom. The monoisotopic (exact) mass is 352 g/mol. The fraction of sp³-hybridized carbons (Fsp3) is 0.259. The average Bonchev–Trinajstić information content (AvgIpc) is 2.69. The second-order valence-electron chi connectivity index (χ2n) is 7.98. The first-order valence-corrected chi connectivity index (χ1v) is 10.1. The average molecular weight is 353 g/mol. The van der Waals surface area contributed by atoms with Crippen molar-refractivity contribution in [3.8, 4) is 11.1 Å². The quantitative estimate of drug-likeness (QED) is 0.529. The van der Waals surface area contributed by atoms with Crippen LogP contribution in [0.3, 0.4) is 0 Å². The van der Waals surface area contributed by atoms with Crippen molar-refractivity contribution < 1.29 is 0 Å². The van der Waals surface area contributed by atoms with Crippen molar-refractivity contribution in [1.82, 2.24) is 0 Å². The lowest BCUT2D eigenvalue weighted by molar-refractivity contribution is 0.739. The molecule has 0 bridgehead atoms. The second kappa shape index (κ2) is 7.56. The summed E-state index contributed by atoms with van der Waals surface area (Å²) in [5.41, 5.74) is 10.9. The third kappa shape index (κ3) is 3.76. The molecule has 0 amide bonds. The van der Waals surface area contributed by atoms with Crippen LogP contribution < -0.4 is 0 Å². The molecular formula is C27H28. The van der Waals surface area contributed by atoms with Crippen molar-refractivity contribution in [2.75, 3.05) is 0 Å². The van der Waals surface area contributed by atoms with Crippen LogP contribution in [0.2, 0.25) is 0 Å². The fourth-order valence-electron chi connectivity index (χ4n) is 4.06. The van der Waals surface area contributed by atoms with Crippen LogP contribution in [0.15, 0.2) is 78.4 Å². The Morgan fingerprint density at radius 3 is 2.44 bits per heavy atom. The molecule has 0 aromatic heterocycles. The number of aryl methyl sites for hydroxylation is 1. The van der Waals surface area contributed by atoms with E-state index in [4.69, 9.17) is 0 Å². The molecule has 27 heavy (non-hydrogen) atoms. The maximum Gasteiger partial charge on any atom is -0.0155 e. The molecule has 0 heteroatoms. The van der Waals surface area contributed by atoms with Crippen molar-refractivity contribution in [3.63, 3.8) is 0 Å². The number of hydrogen-bond donors (Lipinski definition) is 0. The lowest BCUT2D eigenvalue weighted by Gasteiger charge is -2.16. The Labute approximate surface area is 163 Å². The minimum absolute atomic E-state index is 0.652. The van der Waals surface area contributed by atoms with Gasteiger partial charge < -0.3 is 0 Å².